The second kappa shape index (κ2) is 7.62. The van der Waals surface area contributed by atoms with Crippen molar-refractivity contribution >= 4 is 22.4 Å². The summed E-state index contributed by atoms with van der Waals surface area (Å²) in [7, 11) is 0. The molecule has 0 atom stereocenters. The molecular weight excluding hydrogens is 342 g/mol. The molecule has 0 radical (unpaired) electrons. The van der Waals surface area contributed by atoms with E-state index in [1.54, 1.807) is 62.4 Å². The molecule has 3 rings (SSSR count). The van der Waals surface area contributed by atoms with Crippen LogP contribution < -0.4 is 11.0 Å². The number of aryl methyl sites for hydroxylation is 1. The van der Waals surface area contributed by atoms with E-state index in [9.17, 15) is 9.59 Å². The summed E-state index contributed by atoms with van der Waals surface area (Å²) in [6, 6.07) is 15.8. The number of carbonyl (C=O) groups is 1. The smallest absolute Gasteiger partial charge is 0.267 e. The summed E-state index contributed by atoms with van der Waals surface area (Å²) < 4.78 is 1.26. The topological polar surface area (TPSA) is 100 Å². The molecule has 0 bridgehead atoms. The van der Waals surface area contributed by atoms with Crippen molar-refractivity contribution in [3.8, 4) is 6.07 Å². The van der Waals surface area contributed by atoms with E-state index in [2.05, 4.69) is 21.7 Å². The first-order valence-electron chi connectivity index (χ1n) is 8.40. The van der Waals surface area contributed by atoms with Crippen molar-refractivity contribution in [2.45, 2.75) is 20.4 Å². The van der Waals surface area contributed by atoms with Crippen LogP contribution in [0.25, 0.3) is 10.8 Å². The number of nitriles is 1. The van der Waals surface area contributed by atoms with Gasteiger partial charge in [-0.05, 0) is 37.6 Å². The molecule has 2 aromatic carbocycles. The van der Waals surface area contributed by atoms with Gasteiger partial charge in [-0.15, -0.1) is 0 Å². The van der Waals surface area contributed by atoms with Gasteiger partial charge in [0.15, 0.2) is 5.69 Å². The van der Waals surface area contributed by atoms with E-state index in [4.69, 9.17) is 5.26 Å². The second-order valence-corrected chi connectivity index (χ2v) is 5.84. The van der Waals surface area contributed by atoms with Crippen LogP contribution in [-0.4, -0.2) is 21.4 Å². The van der Waals surface area contributed by atoms with Gasteiger partial charge in [0.1, 0.15) is 0 Å². The Morgan fingerprint density at radius 3 is 2.48 bits per heavy atom. The van der Waals surface area contributed by atoms with Crippen molar-refractivity contribution < 1.29 is 4.79 Å². The van der Waals surface area contributed by atoms with Crippen molar-refractivity contribution in [3.05, 3.63) is 75.7 Å². The summed E-state index contributed by atoms with van der Waals surface area (Å²) in [6.07, 6.45) is 0. The van der Waals surface area contributed by atoms with Gasteiger partial charge >= 0.3 is 0 Å². The zero-order valence-corrected chi connectivity index (χ0v) is 14.9. The van der Waals surface area contributed by atoms with Crippen LogP contribution in [-0.2, 0) is 6.54 Å². The summed E-state index contributed by atoms with van der Waals surface area (Å²) in [6.45, 7) is 3.90. The van der Waals surface area contributed by atoms with Crippen LogP contribution in [0.15, 0.2) is 58.4 Å². The van der Waals surface area contributed by atoms with Gasteiger partial charge in [0.25, 0.3) is 11.5 Å². The van der Waals surface area contributed by atoms with Crippen molar-refractivity contribution in [2.24, 2.45) is 5.10 Å². The molecule has 7 heteroatoms. The van der Waals surface area contributed by atoms with Gasteiger partial charge in [-0.1, -0.05) is 30.3 Å². The summed E-state index contributed by atoms with van der Waals surface area (Å²) in [5.74, 6) is -0.499. The van der Waals surface area contributed by atoms with E-state index >= 15 is 0 Å². The highest BCUT2D eigenvalue weighted by molar-refractivity contribution is 6.06. The minimum absolute atomic E-state index is 0.142. The summed E-state index contributed by atoms with van der Waals surface area (Å²) >= 11 is 0. The quantitative estimate of drug-likeness (QED) is 0.571. The zero-order valence-electron chi connectivity index (χ0n) is 14.9. The molecule has 134 valence electrons. The minimum atomic E-state index is -0.499. The molecular formula is C20H17N5O2. The predicted molar refractivity (Wildman–Crippen MR) is 103 cm³/mol. The van der Waals surface area contributed by atoms with E-state index in [0.717, 1.165) is 5.56 Å². The summed E-state index contributed by atoms with van der Waals surface area (Å²) in [4.78, 5) is 25.0. The number of benzene rings is 2. The lowest BCUT2D eigenvalue weighted by Gasteiger charge is -2.09. The predicted octanol–water partition coefficient (Wildman–Crippen LogP) is 2.44. The lowest BCUT2D eigenvalue weighted by atomic mass is 10.1. The number of hydrogen-bond acceptors (Lipinski definition) is 5. The van der Waals surface area contributed by atoms with Crippen LogP contribution in [0.2, 0.25) is 0 Å². The first-order chi connectivity index (χ1) is 13.0. The fourth-order valence-corrected chi connectivity index (χ4v) is 2.66. The largest absolute Gasteiger partial charge is 0.292 e. The van der Waals surface area contributed by atoms with Gasteiger partial charge in [-0.25, -0.2) is 10.1 Å². The van der Waals surface area contributed by atoms with Crippen molar-refractivity contribution in [1.29, 1.82) is 5.26 Å². The standard InChI is InChI=1S/C20H17N5O2/c1-3-25-20(27)17-7-5-4-6-16(17)18(24-25)19(26)23-22-13(2)15-10-8-14(12-21)9-11-15/h4-11H,3H2,1-2H3,(H,23,26)/b22-13+. The normalized spacial score (nSPS) is 11.2. The molecule has 0 unspecified atom stereocenters. The summed E-state index contributed by atoms with van der Waals surface area (Å²) in [5.41, 5.74) is 4.32. The molecule has 1 aromatic heterocycles. The van der Waals surface area contributed by atoms with Crippen LogP contribution in [0.4, 0.5) is 0 Å². The van der Waals surface area contributed by atoms with E-state index < -0.39 is 5.91 Å². The lowest BCUT2D eigenvalue weighted by Crippen LogP contribution is -2.28. The fourth-order valence-electron chi connectivity index (χ4n) is 2.66. The molecule has 27 heavy (non-hydrogen) atoms. The second-order valence-electron chi connectivity index (χ2n) is 5.84. The van der Waals surface area contributed by atoms with Crippen LogP contribution in [0.5, 0.6) is 0 Å². The highest BCUT2D eigenvalue weighted by Crippen LogP contribution is 2.13. The third-order valence-corrected chi connectivity index (χ3v) is 4.14. The molecule has 3 aromatic rings. The maximum Gasteiger partial charge on any atom is 0.292 e. The highest BCUT2D eigenvalue weighted by Gasteiger charge is 2.16. The molecule has 7 nitrogen and oxygen atoms in total. The first-order valence-corrected chi connectivity index (χ1v) is 8.40. The SMILES string of the molecule is CCn1nc(C(=O)N/N=C(\C)c2ccc(C#N)cc2)c2ccccc2c1=O. The number of amides is 1. The number of rotatable bonds is 4. The van der Waals surface area contributed by atoms with E-state index in [-0.39, 0.29) is 11.3 Å². The molecule has 0 saturated carbocycles. The summed E-state index contributed by atoms with van der Waals surface area (Å²) in [5, 5.41) is 18.1. The Morgan fingerprint density at radius 2 is 1.85 bits per heavy atom. The zero-order chi connectivity index (χ0) is 19.4. The number of fused-ring (bicyclic) bond motifs is 1. The van der Waals surface area contributed by atoms with Gasteiger partial charge in [-0.3, -0.25) is 9.59 Å². The van der Waals surface area contributed by atoms with E-state index in [0.29, 0.717) is 28.6 Å². The number of nitrogens with zero attached hydrogens (tertiary/aromatic N) is 4. The molecule has 1 amide bonds. The minimum Gasteiger partial charge on any atom is -0.267 e. The van der Waals surface area contributed by atoms with Crippen LogP contribution in [0, 0.1) is 11.3 Å². The van der Waals surface area contributed by atoms with Gasteiger partial charge in [-0.2, -0.15) is 15.5 Å². The van der Waals surface area contributed by atoms with E-state index in [1.165, 1.54) is 4.68 Å². The molecule has 0 aliphatic rings. The third kappa shape index (κ3) is 3.60. The van der Waals surface area contributed by atoms with Crippen molar-refractivity contribution in [1.82, 2.24) is 15.2 Å². The maximum atomic E-state index is 12.6. The average molecular weight is 359 g/mol. The average Bonchev–Trinajstić information content (AvgIpc) is 2.72. The van der Waals surface area contributed by atoms with Crippen molar-refractivity contribution in [2.75, 3.05) is 0 Å². The third-order valence-electron chi connectivity index (χ3n) is 4.14. The Balaban J connectivity index is 1.93. The number of aromatic nitrogens is 2. The lowest BCUT2D eigenvalue weighted by molar-refractivity contribution is 0.0949. The number of nitrogens with one attached hydrogen (secondary N) is 1. The molecule has 0 fully saturated rings. The Morgan fingerprint density at radius 1 is 1.19 bits per heavy atom. The molecule has 1 N–H and O–H groups in total. The monoisotopic (exact) mass is 359 g/mol. The Bertz CT molecular complexity index is 1140. The number of carbonyl (C=O) groups excluding carboxylic acids is 1. The Hall–Kier alpha value is -3.79. The maximum absolute atomic E-state index is 12.6. The van der Waals surface area contributed by atoms with Crippen LogP contribution in [0.3, 0.4) is 0 Å². The molecule has 1 heterocycles. The Kier molecular flexibility index (Phi) is 5.08. The van der Waals surface area contributed by atoms with E-state index in [1.807, 2.05) is 0 Å². The molecule has 0 aliphatic heterocycles. The van der Waals surface area contributed by atoms with Gasteiger partial charge in [0.05, 0.1) is 22.7 Å². The molecule has 0 spiro atoms. The van der Waals surface area contributed by atoms with Crippen LogP contribution in [0.1, 0.15) is 35.5 Å². The molecule has 0 saturated heterocycles. The fraction of sp³-hybridized carbons (Fsp3) is 0.150. The number of hydrogen-bond donors (Lipinski definition) is 1. The Labute approximate surface area is 155 Å². The van der Waals surface area contributed by atoms with Gasteiger partial charge in [0, 0.05) is 11.9 Å². The van der Waals surface area contributed by atoms with Gasteiger partial charge in [0.2, 0.25) is 0 Å². The number of hydrazone groups is 1. The van der Waals surface area contributed by atoms with Gasteiger partial charge < -0.3 is 0 Å². The first kappa shape index (κ1) is 18.0. The molecule has 0 aliphatic carbocycles. The van der Waals surface area contributed by atoms with Crippen LogP contribution >= 0.6 is 0 Å². The van der Waals surface area contributed by atoms with Crippen molar-refractivity contribution in [3.63, 3.8) is 0 Å². The highest BCUT2D eigenvalue weighted by atomic mass is 16.2.